The molecule has 1 atom stereocenters. The first-order valence-electron chi connectivity index (χ1n) is 6.40. The molecule has 2 rings (SSSR count). The fourth-order valence-corrected chi connectivity index (χ4v) is 1.96. The Kier molecular flexibility index (Phi) is 4.21. The van der Waals surface area contributed by atoms with Crippen molar-refractivity contribution in [1.82, 2.24) is 5.32 Å². The molecule has 0 spiro atoms. The molecule has 0 saturated heterocycles. The predicted molar refractivity (Wildman–Crippen MR) is 76.6 cm³/mol. The maximum Gasteiger partial charge on any atom is 0.153 e. The fraction of sp³-hybridized carbons (Fsp3) is 0.312. The lowest BCUT2D eigenvalue weighted by Crippen LogP contribution is -2.38. The van der Waals surface area contributed by atoms with Crippen LogP contribution in [-0.2, 0) is 0 Å². The SMILES string of the molecule is C[CH]C(NC(C)C)Oc1cccc2ccccc12. The van der Waals surface area contributed by atoms with Crippen LogP contribution in [0.3, 0.4) is 0 Å². The van der Waals surface area contributed by atoms with E-state index in [4.69, 9.17) is 4.74 Å². The first kappa shape index (κ1) is 12.9. The van der Waals surface area contributed by atoms with E-state index in [0.29, 0.717) is 6.04 Å². The summed E-state index contributed by atoms with van der Waals surface area (Å²) in [5, 5.41) is 5.72. The summed E-state index contributed by atoms with van der Waals surface area (Å²) in [6.07, 6.45) is 1.97. The Bertz CT molecular complexity index is 502. The van der Waals surface area contributed by atoms with Crippen molar-refractivity contribution in [3.05, 3.63) is 48.9 Å². The van der Waals surface area contributed by atoms with Gasteiger partial charge in [-0.1, -0.05) is 43.3 Å². The average Bonchev–Trinajstić information content (AvgIpc) is 2.38. The van der Waals surface area contributed by atoms with Crippen molar-refractivity contribution in [2.24, 2.45) is 0 Å². The van der Waals surface area contributed by atoms with Crippen LogP contribution in [0, 0.1) is 6.42 Å². The maximum atomic E-state index is 6.02. The fourth-order valence-electron chi connectivity index (χ4n) is 1.96. The van der Waals surface area contributed by atoms with Crippen molar-refractivity contribution in [1.29, 1.82) is 0 Å². The van der Waals surface area contributed by atoms with Crippen molar-refractivity contribution in [2.45, 2.75) is 33.0 Å². The van der Waals surface area contributed by atoms with E-state index in [-0.39, 0.29) is 6.23 Å². The summed E-state index contributed by atoms with van der Waals surface area (Å²) in [5.41, 5.74) is 0. The van der Waals surface area contributed by atoms with Crippen molar-refractivity contribution < 1.29 is 4.74 Å². The molecule has 0 saturated carbocycles. The summed E-state index contributed by atoms with van der Waals surface area (Å²) in [7, 11) is 0. The summed E-state index contributed by atoms with van der Waals surface area (Å²) in [4.78, 5) is 0. The summed E-state index contributed by atoms with van der Waals surface area (Å²) in [6.45, 7) is 6.23. The molecule has 2 aromatic carbocycles. The van der Waals surface area contributed by atoms with Gasteiger partial charge in [0.25, 0.3) is 0 Å². The largest absolute Gasteiger partial charge is 0.474 e. The van der Waals surface area contributed by atoms with E-state index in [9.17, 15) is 0 Å². The highest BCUT2D eigenvalue weighted by Gasteiger charge is 2.10. The van der Waals surface area contributed by atoms with Gasteiger partial charge in [0.15, 0.2) is 6.23 Å². The van der Waals surface area contributed by atoms with Crippen LogP contribution in [0.15, 0.2) is 42.5 Å². The normalized spacial score (nSPS) is 12.9. The first-order chi connectivity index (χ1) is 8.70. The maximum absolute atomic E-state index is 6.02. The number of rotatable bonds is 5. The molecule has 0 aliphatic carbocycles. The van der Waals surface area contributed by atoms with Crippen LogP contribution in [0.1, 0.15) is 20.8 Å². The molecule has 1 radical (unpaired) electrons. The minimum atomic E-state index is -0.0594. The molecule has 1 unspecified atom stereocenters. The van der Waals surface area contributed by atoms with Gasteiger partial charge in [-0.05, 0) is 25.3 Å². The van der Waals surface area contributed by atoms with Crippen LogP contribution in [0.5, 0.6) is 5.75 Å². The number of hydrogen-bond acceptors (Lipinski definition) is 2. The topological polar surface area (TPSA) is 21.3 Å². The van der Waals surface area contributed by atoms with E-state index in [1.807, 2.05) is 37.6 Å². The molecule has 0 bridgehead atoms. The molecule has 0 aromatic heterocycles. The molecule has 0 heterocycles. The van der Waals surface area contributed by atoms with E-state index < -0.39 is 0 Å². The molecule has 0 fully saturated rings. The monoisotopic (exact) mass is 242 g/mol. The Morgan fingerprint density at radius 2 is 1.78 bits per heavy atom. The van der Waals surface area contributed by atoms with E-state index in [1.165, 1.54) is 5.39 Å². The third-order valence-electron chi connectivity index (χ3n) is 2.80. The van der Waals surface area contributed by atoms with Crippen molar-refractivity contribution in [3.63, 3.8) is 0 Å². The van der Waals surface area contributed by atoms with Crippen LogP contribution in [-0.4, -0.2) is 12.3 Å². The molecule has 1 N–H and O–H groups in total. The van der Waals surface area contributed by atoms with Crippen molar-refractivity contribution in [3.8, 4) is 5.75 Å². The number of hydrogen-bond donors (Lipinski definition) is 1. The molecular weight excluding hydrogens is 222 g/mol. The molecular formula is C16H20NO. The summed E-state index contributed by atoms with van der Waals surface area (Å²) >= 11 is 0. The van der Waals surface area contributed by atoms with E-state index in [1.54, 1.807) is 0 Å². The summed E-state index contributed by atoms with van der Waals surface area (Å²) < 4.78 is 6.02. The molecule has 0 aliphatic rings. The number of nitrogens with one attached hydrogen (secondary N) is 1. The van der Waals surface area contributed by atoms with Gasteiger partial charge in [-0.3, -0.25) is 5.32 Å². The van der Waals surface area contributed by atoms with Gasteiger partial charge < -0.3 is 4.74 Å². The zero-order chi connectivity index (χ0) is 13.0. The predicted octanol–water partition coefficient (Wildman–Crippen LogP) is 3.77. The standard InChI is InChI=1S/C16H20NO/c1-4-16(17-12(2)3)18-15-11-7-9-13-8-5-6-10-14(13)15/h4-12,16-17H,1-3H3. The van der Waals surface area contributed by atoms with E-state index >= 15 is 0 Å². The lowest BCUT2D eigenvalue weighted by molar-refractivity contribution is 0.186. The van der Waals surface area contributed by atoms with Crippen molar-refractivity contribution in [2.75, 3.05) is 0 Å². The van der Waals surface area contributed by atoms with E-state index in [2.05, 4.69) is 37.4 Å². The van der Waals surface area contributed by atoms with Gasteiger partial charge in [0.2, 0.25) is 0 Å². The quantitative estimate of drug-likeness (QED) is 0.806. The lowest BCUT2D eigenvalue weighted by Gasteiger charge is -2.22. The van der Waals surface area contributed by atoms with Crippen LogP contribution >= 0.6 is 0 Å². The molecule has 2 nitrogen and oxygen atoms in total. The van der Waals surface area contributed by atoms with Gasteiger partial charge in [-0.2, -0.15) is 0 Å². The smallest absolute Gasteiger partial charge is 0.153 e. The van der Waals surface area contributed by atoms with Gasteiger partial charge in [0, 0.05) is 17.8 Å². The van der Waals surface area contributed by atoms with Crippen LogP contribution in [0.2, 0.25) is 0 Å². The third-order valence-corrected chi connectivity index (χ3v) is 2.80. The highest BCUT2D eigenvalue weighted by atomic mass is 16.5. The van der Waals surface area contributed by atoms with Crippen LogP contribution in [0.4, 0.5) is 0 Å². The molecule has 95 valence electrons. The second-order valence-corrected chi connectivity index (χ2v) is 4.67. The van der Waals surface area contributed by atoms with Gasteiger partial charge >= 0.3 is 0 Å². The van der Waals surface area contributed by atoms with Gasteiger partial charge in [-0.25, -0.2) is 0 Å². The second kappa shape index (κ2) is 5.87. The second-order valence-electron chi connectivity index (χ2n) is 4.67. The molecule has 2 heteroatoms. The molecule has 2 aromatic rings. The molecule has 0 amide bonds. The number of benzene rings is 2. The zero-order valence-corrected chi connectivity index (χ0v) is 11.2. The lowest BCUT2D eigenvalue weighted by atomic mass is 10.1. The highest BCUT2D eigenvalue weighted by molar-refractivity contribution is 5.88. The summed E-state index contributed by atoms with van der Waals surface area (Å²) in [5.74, 6) is 0.921. The minimum Gasteiger partial charge on any atom is -0.474 e. The Morgan fingerprint density at radius 3 is 2.50 bits per heavy atom. The zero-order valence-electron chi connectivity index (χ0n) is 11.2. The minimum absolute atomic E-state index is 0.0594. The van der Waals surface area contributed by atoms with E-state index in [0.717, 1.165) is 11.1 Å². The number of ether oxygens (including phenoxy) is 1. The Hall–Kier alpha value is -1.54. The number of fused-ring (bicyclic) bond motifs is 1. The molecule has 18 heavy (non-hydrogen) atoms. The summed E-state index contributed by atoms with van der Waals surface area (Å²) in [6, 6.07) is 14.8. The van der Waals surface area contributed by atoms with Gasteiger partial charge in [0.1, 0.15) is 5.75 Å². The molecule has 0 aliphatic heterocycles. The average molecular weight is 242 g/mol. The van der Waals surface area contributed by atoms with Gasteiger partial charge in [0.05, 0.1) is 0 Å². The Labute approximate surface area is 109 Å². The van der Waals surface area contributed by atoms with Gasteiger partial charge in [-0.15, -0.1) is 0 Å². The highest BCUT2D eigenvalue weighted by Crippen LogP contribution is 2.26. The Balaban J connectivity index is 2.25. The van der Waals surface area contributed by atoms with Crippen molar-refractivity contribution >= 4 is 10.8 Å². The third kappa shape index (κ3) is 3.02. The first-order valence-corrected chi connectivity index (χ1v) is 6.40. The van der Waals surface area contributed by atoms with Crippen LogP contribution in [0.25, 0.3) is 10.8 Å². The Morgan fingerprint density at radius 1 is 1.06 bits per heavy atom. The van der Waals surface area contributed by atoms with Crippen LogP contribution < -0.4 is 10.1 Å².